The molecule has 1 aromatic heterocycles. The molecule has 0 aromatic carbocycles. The van der Waals surface area contributed by atoms with Crippen molar-refractivity contribution >= 4 is 17.2 Å². The number of nitrogens with two attached hydrogens (primary N) is 1. The van der Waals surface area contributed by atoms with Crippen LogP contribution < -0.4 is 11.1 Å². The van der Waals surface area contributed by atoms with E-state index in [-0.39, 0.29) is 11.9 Å². The van der Waals surface area contributed by atoms with Gasteiger partial charge in [0.15, 0.2) is 0 Å². The summed E-state index contributed by atoms with van der Waals surface area (Å²) in [6, 6.07) is 0.0899. The summed E-state index contributed by atoms with van der Waals surface area (Å²) in [5.41, 5.74) is 6.68. The Bertz CT molecular complexity index is 374. The monoisotopic (exact) mass is 255 g/mol. The van der Waals surface area contributed by atoms with Crippen molar-refractivity contribution in [3.63, 3.8) is 0 Å². The van der Waals surface area contributed by atoms with Crippen molar-refractivity contribution in [3.05, 3.63) is 15.6 Å². The standard InChI is InChI=1S/C12H21N3OS/c1-8(13)4-5-12(16)14-7-6-11-9(2)15-10(3)17-11/h8H,4-7,13H2,1-3H3,(H,14,16). The highest BCUT2D eigenvalue weighted by atomic mass is 32.1. The highest BCUT2D eigenvalue weighted by Crippen LogP contribution is 2.16. The van der Waals surface area contributed by atoms with Gasteiger partial charge in [-0.15, -0.1) is 11.3 Å². The van der Waals surface area contributed by atoms with Crippen molar-refractivity contribution in [1.82, 2.24) is 10.3 Å². The van der Waals surface area contributed by atoms with E-state index < -0.39 is 0 Å². The molecule has 3 N–H and O–H groups in total. The summed E-state index contributed by atoms with van der Waals surface area (Å²) in [7, 11) is 0. The maximum absolute atomic E-state index is 11.4. The maximum Gasteiger partial charge on any atom is 0.220 e. The normalized spacial score (nSPS) is 12.5. The van der Waals surface area contributed by atoms with Gasteiger partial charge in [-0.05, 0) is 27.2 Å². The second-order valence-corrected chi connectivity index (χ2v) is 5.65. The average Bonchev–Trinajstić information content (AvgIpc) is 2.55. The molecule has 1 amide bonds. The van der Waals surface area contributed by atoms with Crippen molar-refractivity contribution in [2.24, 2.45) is 5.73 Å². The third-order valence-corrected chi connectivity index (χ3v) is 3.63. The molecule has 0 saturated carbocycles. The van der Waals surface area contributed by atoms with Gasteiger partial charge in [-0.2, -0.15) is 0 Å². The predicted molar refractivity (Wildman–Crippen MR) is 71.2 cm³/mol. The minimum absolute atomic E-state index is 0.0844. The Morgan fingerprint density at radius 3 is 2.76 bits per heavy atom. The van der Waals surface area contributed by atoms with Gasteiger partial charge in [0.2, 0.25) is 5.91 Å². The Labute approximate surface area is 107 Å². The van der Waals surface area contributed by atoms with E-state index in [4.69, 9.17) is 5.73 Å². The summed E-state index contributed by atoms with van der Waals surface area (Å²) >= 11 is 1.70. The van der Waals surface area contributed by atoms with Crippen LogP contribution in [0.1, 0.15) is 35.3 Å². The van der Waals surface area contributed by atoms with Crippen LogP contribution in [0.15, 0.2) is 0 Å². The van der Waals surface area contributed by atoms with Crippen LogP contribution in [0, 0.1) is 13.8 Å². The molecule has 0 spiro atoms. The van der Waals surface area contributed by atoms with Gasteiger partial charge in [-0.1, -0.05) is 0 Å². The molecule has 4 nitrogen and oxygen atoms in total. The molecule has 0 bridgehead atoms. The first-order valence-corrected chi connectivity index (χ1v) is 6.76. The Morgan fingerprint density at radius 1 is 1.53 bits per heavy atom. The first-order valence-electron chi connectivity index (χ1n) is 5.94. The highest BCUT2D eigenvalue weighted by Gasteiger charge is 2.06. The number of nitrogens with zero attached hydrogens (tertiary/aromatic N) is 1. The summed E-state index contributed by atoms with van der Waals surface area (Å²) in [6.07, 6.45) is 2.12. The predicted octanol–water partition coefficient (Wildman–Crippen LogP) is 1.55. The van der Waals surface area contributed by atoms with Crippen molar-refractivity contribution in [2.45, 2.75) is 46.1 Å². The minimum atomic E-state index is 0.0844. The number of aryl methyl sites for hydroxylation is 2. The fourth-order valence-corrected chi connectivity index (χ4v) is 2.50. The smallest absolute Gasteiger partial charge is 0.220 e. The van der Waals surface area contributed by atoms with Crippen molar-refractivity contribution in [1.29, 1.82) is 0 Å². The molecule has 1 unspecified atom stereocenters. The molecule has 96 valence electrons. The average molecular weight is 255 g/mol. The Balaban J connectivity index is 2.23. The van der Waals surface area contributed by atoms with E-state index in [1.807, 2.05) is 20.8 Å². The fraction of sp³-hybridized carbons (Fsp3) is 0.667. The lowest BCUT2D eigenvalue weighted by atomic mass is 10.2. The van der Waals surface area contributed by atoms with E-state index in [1.165, 1.54) is 4.88 Å². The van der Waals surface area contributed by atoms with Crippen molar-refractivity contribution in [2.75, 3.05) is 6.54 Å². The lowest BCUT2D eigenvalue weighted by molar-refractivity contribution is -0.121. The molecule has 0 aliphatic carbocycles. The first-order chi connectivity index (χ1) is 7.99. The van der Waals surface area contributed by atoms with E-state index in [0.717, 1.165) is 23.5 Å². The topological polar surface area (TPSA) is 68.0 Å². The number of hydrogen-bond acceptors (Lipinski definition) is 4. The van der Waals surface area contributed by atoms with Crippen LogP contribution in [0.2, 0.25) is 0 Å². The van der Waals surface area contributed by atoms with Crippen molar-refractivity contribution in [3.8, 4) is 0 Å². The lowest BCUT2D eigenvalue weighted by Crippen LogP contribution is -2.27. The Morgan fingerprint density at radius 2 is 2.24 bits per heavy atom. The van der Waals surface area contributed by atoms with Crippen LogP contribution in [-0.2, 0) is 11.2 Å². The molecule has 0 aliphatic rings. The van der Waals surface area contributed by atoms with Gasteiger partial charge in [0.1, 0.15) is 0 Å². The van der Waals surface area contributed by atoms with E-state index in [1.54, 1.807) is 11.3 Å². The molecule has 0 fully saturated rings. The highest BCUT2D eigenvalue weighted by molar-refractivity contribution is 7.11. The first kappa shape index (κ1) is 14.1. The molecule has 5 heteroatoms. The number of amides is 1. The number of nitrogens with one attached hydrogen (secondary N) is 1. The third-order valence-electron chi connectivity index (χ3n) is 2.50. The third kappa shape index (κ3) is 5.28. The summed E-state index contributed by atoms with van der Waals surface area (Å²) < 4.78 is 0. The summed E-state index contributed by atoms with van der Waals surface area (Å²) in [5, 5.41) is 3.99. The van der Waals surface area contributed by atoms with Crippen LogP contribution in [0.5, 0.6) is 0 Å². The molecule has 1 aromatic rings. The van der Waals surface area contributed by atoms with Gasteiger partial charge in [0.25, 0.3) is 0 Å². The number of aromatic nitrogens is 1. The zero-order valence-electron chi connectivity index (χ0n) is 10.7. The van der Waals surface area contributed by atoms with Gasteiger partial charge in [0, 0.05) is 30.3 Å². The zero-order chi connectivity index (χ0) is 12.8. The molecule has 1 heterocycles. The number of hydrogen-bond donors (Lipinski definition) is 2. The number of carbonyl (C=O) groups is 1. The van der Waals surface area contributed by atoms with Gasteiger partial charge in [-0.25, -0.2) is 4.98 Å². The fourth-order valence-electron chi connectivity index (χ4n) is 1.57. The SMILES string of the molecule is Cc1nc(C)c(CCNC(=O)CCC(C)N)s1. The Kier molecular flexibility index (Phi) is 5.58. The Hall–Kier alpha value is -0.940. The molecular weight excluding hydrogens is 234 g/mol. The molecule has 0 radical (unpaired) electrons. The zero-order valence-corrected chi connectivity index (χ0v) is 11.6. The maximum atomic E-state index is 11.4. The van der Waals surface area contributed by atoms with E-state index in [9.17, 15) is 4.79 Å². The van der Waals surface area contributed by atoms with Crippen molar-refractivity contribution < 1.29 is 4.79 Å². The molecule has 1 atom stereocenters. The van der Waals surface area contributed by atoms with Crippen LogP contribution in [-0.4, -0.2) is 23.5 Å². The molecular formula is C12H21N3OS. The van der Waals surface area contributed by atoms with E-state index in [0.29, 0.717) is 13.0 Å². The van der Waals surface area contributed by atoms with E-state index in [2.05, 4.69) is 10.3 Å². The number of rotatable bonds is 6. The van der Waals surface area contributed by atoms with Crippen LogP contribution in [0.3, 0.4) is 0 Å². The van der Waals surface area contributed by atoms with Gasteiger partial charge in [-0.3, -0.25) is 4.79 Å². The minimum Gasteiger partial charge on any atom is -0.356 e. The van der Waals surface area contributed by atoms with Gasteiger partial charge in [0.05, 0.1) is 10.7 Å². The summed E-state index contributed by atoms with van der Waals surface area (Å²) in [6.45, 7) is 6.61. The second-order valence-electron chi connectivity index (χ2n) is 4.36. The second kappa shape index (κ2) is 6.71. The van der Waals surface area contributed by atoms with Gasteiger partial charge < -0.3 is 11.1 Å². The number of carbonyl (C=O) groups excluding carboxylic acids is 1. The summed E-state index contributed by atoms with van der Waals surface area (Å²) in [5.74, 6) is 0.0844. The largest absolute Gasteiger partial charge is 0.356 e. The molecule has 17 heavy (non-hydrogen) atoms. The number of thiazole rings is 1. The molecule has 0 aliphatic heterocycles. The quantitative estimate of drug-likeness (QED) is 0.810. The van der Waals surface area contributed by atoms with Crippen LogP contribution in [0.25, 0.3) is 0 Å². The van der Waals surface area contributed by atoms with Crippen LogP contribution >= 0.6 is 11.3 Å². The summed E-state index contributed by atoms with van der Waals surface area (Å²) in [4.78, 5) is 17.1. The lowest BCUT2D eigenvalue weighted by Gasteiger charge is -2.06. The molecule has 1 rings (SSSR count). The van der Waals surface area contributed by atoms with Gasteiger partial charge >= 0.3 is 0 Å². The van der Waals surface area contributed by atoms with Crippen LogP contribution in [0.4, 0.5) is 0 Å². The molecule has 0 saturated heterocycles. The van der Waals surface area contributed by atoms with E-state index >= 15 is 0 Å².